The number of nitrogens with zero attached hydrogens (tertiary/aromatic N) is 3. The molecule has 3 saturated heterocycles. The summed E-state index contributed by atoms with van der Waals surface area (Å²) < 4.78 is 1.48. The second-order valence-electron chi connectivity index (χ2n) is 9.24. The standard InChI is InChI=1S/C25H29N3O3/c29-23-10-4-5-12-26(23)17-25(31)27-15-19-14-20(16-27)22(13-18-7-2-1-3-8-18)28-21(19)9-6-11-24(28)30/h1-5,7-8,10,12,19-22H,6,9,11,13-17H2/t19-,20+,21+,22+/m1/s1. The van der Waals surface area contributed by atoms with Gasteiger partial charge in [-0.15, -0.1) is 0 Å². The largest absolute Gasteiger partial charge is 0.340 e. The Kier molecular flexibility index (Phi) is 5.38. The summed E-state index contributed by atoms with van der Waals surface area (Å²) in [5.74, 6) is 0.875. The fourth-order valence-corrected chi connectivity index (χ4v) is 5.93. The van der Waals surface area contributed by atoms with Crippen molar-refractivity contribution in [3.63, 3.8) is 0 Å². The lowest BCUT2D eigenvalue weighted by molar-refractivity contribution is -0.156. The topological polar surface area (TPSA) is 62.6 Å². The van der Waals surface area contributed by atoms with Gasteiger partial charge in [-0.25, -0.2) is 0 Å². The number of likely N-dealkylation sites (tertiary alicyclic amines) is 1. The van der Waals surface area contributed by atoms with E-state index in [1.807, 2.05) is 23.1 Å². The molecule has 1 aromatic heterocycles. The number of aromatic nitrogens is 1. The van der Waals surface area contributed by atoms with Crippen LogP contribution in [0.1, 0.15) is 31.2 Å². The van der Waals surface area contributed by atoms with Crippen LogP contribution in [0.25, 0.3) is 0 Å². The number of rotatable bonds is 4. The van der Waals surface area contributed by atoms with Crippen molar-refractivity contribution < 1.29 is 9.59 Å². The van der Waals surface area contributed by atoms with E-state index in [-0.39, 0.29) is 41.9 Å². The number of benzene rings is 1. The minimum absolute atomic E-state index is 0.00273. The maximum atomic E-state index is 13.1. The minimum atomic E-state index is -0.154. The lowest BCUT2D eigenvalue weighted by Gasteiger charge is -2.56. The van der Waals surface area contributed by atoms with Crippen LogP contribution in [0.15, 0.2) is 59.5 Å². The van der Waals surface area contributed by atoms with Gasteiger partial charge in [-0.2, -0.15) is 0 Å². The molecule has 0 unspecified atom stereocenters. The summed E-state index contributed by atoms with van der Waals surface area (Å²) in [6, 6.07) is 15.7. The minimum Gasteiger partial charge on any atom is -0.340 e. The zero-order chi connectivity index (χ0) is 21.4. The third kappa shape index (κ3) is 3.91. The van der Waals surface area contributed by atoms with Crippen LogP contribution in [-0.4, -0.2) is 51.4 Å². The summed E-state index contributed by atoms with van der Waals surface area (Å²) >= 11 is 0. The first-order chi connectivity index (χ1) is 15.1. The molecule has 1 aromatic carbocycles. The van der Waals surface area contributed by atoms with Gasteiger partial charge < -0.3 is 14.4 Å². The first-order valence-electron chi connectivity index (χ1n) is 11.4. The van der Waals surface area contributed by atoms with Crippen LogP contribution < -0.4 is 5.56 Å². The van der Waals surface area contributed by atoms with Crippen molar-refractivity contribution in [2.45, 2.75) is 50.7 Å². The third-order valence-electron chi connectivity index (χ3n) is 7.34. The number of hydrogen-bond donors (Lipinski definition) is 0. The number of carbonyl (C=O) groups excluding carboxylic acids is 2. The summed E-state index contributed by atoms with van der Waals surface area (Å²) in [6.45, 7) is 1.42. The number of hydrogen-bond acceptors (Lipinski definition) is 3. The predicted molar refractivity (Wildman–Crippen MR) is 117 cm³/mol. The average molecular weight is 420 g/mol. The van der Waals surface area contributed by atoms with Gasteiger partial charge in [-0.3, -0.25) is 14.4 Å². The van der Waals surface area contributed by atoms with E-state index in [2.05, 4.69) is 17.0 Å². The first-order valence-corrected chi connectivity index (χ1v) is 11.4. The Labute approximate surface area is 182 Å². The van der Waals surface area contributed by atoms with Gasteiger partial charge in [0.05, 0.1) is 0 Å². The van der Waals surface area contributed by atoms with E-state index in [9.17, 15) is 14.4 Å². The highest BCUT2D eigenvalue weighted by Gasteiger charge is 2.49. The van der Waals surface area contributed by atoms with Crippen molar-refractivity contribution in [2.75, 3.05) is 13.1 Å². The molecular weight excluding hydrogens is 390 g/mol. The monoisotopic (exact) mass is 419 g/mol. The van der Waals surface area contributed by atoms with Crippen LogP contribution in [0.5, 0.6) is 0 Å². The second-order valence-corrected chi connectivity index (χ2v) is 9.24. The molecule has 5 rings (SSSR count). The van der Waals surface area contributed by atoms with Gasteiger partial charge in [0.15, 0.2) is 0 Å². The normalized spacial score (nSPS) is 27.7. The number of amides is 2. The molecule has 0 N–H and O–H groups in total. The molecule has 3 aliphatic heterocycles. The van der Waals surface area contributed by atoms with Crippen molar-refractivity contribution in [3.8, 4) is 0 Å². The molecule has 3 aliphatic rings. The molecule has 2 aromatic rings. The van der Waals surface area contributed by atoms with E-state index in [1.165, 1.54) is 16.2 Å². The molecule has 0 radical (unpaired) electrons. The molecule has 0 aliphatic carbocycles. The number of carbonyl (C=O) groups is 2. The summed E-state index contributed by atoms with van der Waals surface area (Å²) in [5.41, 5.74) is 1.08. The summed E-state index contributed by atoms with van der Waals surface area (Å²) in [6.07, 6.45) is 6.17. The summed E-state index contributed by atoms with van der Waals surface area (Å²) in [4.78, 5) is 42.3. The second kappa shape index (κ2) is 8.33. The van der Waals surface area contributed by atoms with E-state index < -0.39 is 0 Å². The van der Waals surface area contributed by atoms with E-state index in [4.69, 9.17) is 0 Å². The van der Waals surface area contributed by atoms with Crippen molar-refractivity contribution >= 4 is 11.8 Å². The van der Waals surface area contributed by atoms with Crippen LogP contribution in [-0.2, 0) is 22.6 Å². The highest BCUT2D eigenvalue weighted by Crippen LogP contribution is 2.42. The highest BCUT2D eigenvalue weighted by molar-refractivity contribution is 5.78. The van der Waals surface area contributed by atoms with E-state index in [0.29, 0.717) is 25.4 Å². The molecule has 162 valence electrons. The van der Waals surface area contributed by atoms with Gasteiger partial charge in [0, 0.05) is 43.9 Å². The molecule has 4 heterocycles. The Balaban J connectivity index is 1.39. The maximum absolute atomic E-state index is 13.1. The zero-order valence-corrected chi connectivity index (χ0v) is 17.7. The predicted octanol–water partition coefficient (Wildman–Crippen LogP) is 2.32. The average Bonchev–Trinajstić information content (AvgIpc) is 2.79. The van der Waals surface area contributed by atoms with Gasteiger partial charge in [0.1, 0.15) is 6.54 Å². The van der Waals surface area contributed by atoms with Crippen LogP contribution in [0, 0.1) is 11.8 Å². The fraction of sp³-hybridized carbons (Fsp3) is 0.480. The van der Waals surface area contributed by atoms with Gasteiger partial charge >= 0.3 is 0 Å². The molecule has 6 heteroatoms. The molecule has 0 spiro atoms. The van der Waals surface area contributed by atoms with Crippen molar-refractivity contribution in [1.29, 1.82) is 0 Å². The molecule has 4 atom stereocenters. The van der Waals surface area contributed by atoms with Crippen molar-refractivity contribution in [2.24, 2.45) is 11.8 Å². The van der Waals surface area contributed by atoms with Gasteiger partial charge in [-0.05, 0) is 49.1 Å². The molecule has 6 nitrogen and oxygen atoms in total. The van der Waals surface area contributed by atoms with E-state index in [0.717, 1.165) is 25.7 Å². The van der Waals surface area contributed by atoms with Gasteiger partial charge in [0.2, 0.25) is 11.8 Å². The molecule has 0 saturated carbocycles. The quantitative estimate of drug-likeness (QED) is 0.764. The maximum Gasteiger partial charge on any atom is 0.250 e. The van der Waals surface area contributed by atoms with Crippen LogP contribution in [0.3, 0.4) is 0 Å². The van der Waals surface area contributed by atoms with Crippen molar-refractivity contribution in [3.05, 3.63) is 70.6 Å². The Morgan fingerprint density at radius 1 is 0.968 bits per heavy atom. The molecule has 3 fully saturated rings. The summed E-state index contributed by atoms with van der Waals surface area (Å²) in [5, 5.41) is 0. The van der Waals surface area contributed by atoms with Crippen LogP contribution >= 0.6 is 0 Å². The van der Waals surface area contributed by atoms with Gasteiger partial charge in [0.25, 0.3) is 5.56 Å². The number of piperidine rings is 3. The molecule has 2 bridgehead atoms. The number of fused-ring (bicyclic) bond motifs is 4. The lowest BCUT2D eigenvalue weighted by atomic mass is 9.70. The van der Waals surface area contributed by atoms with Crippen LogP contribution in [0.4, 0.5) is 0 Å². The SMILES string of the molecule is O=C(Cn1ccccc1=O)N1C[C@H]2C[C@@H](C1)[C@H](Cc1ccccc1)N1C(=O)CCC[C@@H]21. The molecular formula is C25H29N3O3. The molecule has 31 heavy (non-hydrogen) atoms. The Bertz CT molecular complexity index is 1020. The Hall–Kier alpha value is -2.89. The van der Waals surface area contributed by atoms with E-state index >= 15 is 0 Å². The fourth-order valence-electron chi connectivity index (χ4n) is 5.93. The highest BCUT2D eigenvalue weighted by atomic mass is 16.2. The first kappa shape index (κ1) is 20.0. The Morgan fingerprint density at radius 3 is 2.55 bits per heavy atom. The Morgan fingerprint density at radius 2 is 1.74 bits per heavy atom. The van der Waals surface area contributed by atoms with Crippen LogP contribution in [0.2, 0.25) is 0 Å². The molecule has 2 amide bonds. The van der Waals surface area contributed by atoms with Crippen molar-refractivity contribution in [1.82, 2.24) is 14.4 Å². The zero-order valence-electron chi connectivity index (χ0n) is 17.7. The van der Waals surface area contributed by atoms with E-state index in [1.54, 1.807) is 18.3 Å². The summed E-state index contributed by atoms with van der Waals surface area (Å²) in [7, 11) is 0. The van der Waals surface area contributed by atoms with Gasteiger partial charge in [-0.1, -0.05) is 36.4 Å². The lowest BCUT2D eigenvalue weighted by Crippen LogP contribution is -2.66. The number of pyridine rings is 1. The third-order valence-corrected chi connectivity index (χ3v) is 7.34. The smallest absolute Gasteiger partial charge is 0.250 e.